The van der Waals surface area contributed by atoms with Crippen LogP contribution >= 0.6 is 0 Å². The van der Waals surface area contributed by atoms with Crippen LogP contribution in [0.15, 0.2) is 18.2 Å². The molecule has 0 spiro atoms. The molecular weight excluding hydrogens is 231 g/mol. The number of fused-ring (bicyclic) bond motifs is 1. The molecule has 2 aliphatic rings. The number of aliphatic hydroxyl groups excluding tert-OH is 1. The molecule has 1 atom stereocenters. The van der Waals surface area contributed by atoms with Crippen LogP contribution in [0.2, 0.25) is 0 Å². The number of halogens is 1. The number of nitrogens with zero attached hydrogens (tertiary/aromatic N) is 2. The van der Waals surface area contributed by atoms with Gasteiger partial charge in [0.1, 0.15) is 5.82 Å². The average molecular weight is 250 g/mol. The summed E-state index contributed by atoms with van der Waals surface area (Å²) < 4.78 is 14.0. The van der Waals surface area contributed by atoms with Crippen LogP contribution < -0.4 is 4.90 Å². The van der Waals surface area contributed by atoms with E-state index in [4.69, 9.17) is 0 Å². The van der Waals surface area contributed by atoms with Crippen molar-refractivity contribution in [3.05, 3.63) is 29.6 Å². The second-order valence-electron chi connectivity index (χ2n) is 5.18. The molecule has 2 aliphatic heterocycles. The van der Waals surface area contributed by atoms with E-state index in [-0.39, 0.29) is 12.4 Å². The molecule has 3 rings (SSSR count). The summed E-state index contributed by atoms with van der Waals surface area (Å²) >= 11 is 0. The van der Waals surface area contributed by atoms with Gasteiger partial charge < -0.3 is 10.0 Å². The molecule has 2 saturated heterocycles. The summed E-state index contributed by atoms with van der Waals surface area (Å²) in [4.78, 5) is 4.60. The first-order valence-corrected chi connectivity index (χ1v) is 6.67. The molecule has 0 amide bonds. The highest BCUT2D eigenvalue weighted by Gasteiger charge is 2.32. The van der Waals surface area contributed by atoms with Crippen molar-refractivity contribution in [2.45, 2.75) is 25.5 Å². The van der Waals surface area contributed by atoms with E-state index in [1.165, 1.54) is 25.5 Å². The second kappa shape index (κ2) is 4.86. The monoisotopic (exact) mass is 250 g/mol. The molecule has 1 aromatic carbocycles. The van der Waals surface area contributed by atoms with Crippen molar-refractivity contribution >= 4 is 5.69 Å². The zero-order valence-electron chi connectivity index (χ0n) is 10.5. The van der Waals surface area contributed by atoms with Gasteiger partial charge in [0, 0.05) is 31.2 Å². The molecule has 3 nitrogen and oxygen atoms in total. The Hall–Kier alpha value is -1.13. The fourth-order valence-corrected chi connectivity index (χ4v) is 3.24. The minimum Gasteiger partial charge on any atom is -0.392 e. The normalized spacial score (nSPS) is 24.3. The molecule has 1 unspecified atom stereocenters. The van der Waals surface area contributed by atoms with Crippen molar-refractivity contribution < 1.29 is 9.50 Å². The highest BCUT2D eigenvalue weighted by Crippen LogP contribution is 2.29. The fraction of sp³-hybridized carbons (Fsp3) is 0.571. The molecule has 18 heavy (non-hydrogen) atoms. The standard InChI is InChI=1S/C14H19FN2O/c15-13-5-1-3-11(10-18)14(13)17-8-7-16-6-2-4-12(16)9-17/h1,3,5,12,18H,2,4,6-10H2. The molecule has 0 radical (unpaired) electrons. The van der Waals surface area contributed by atoms with E-state index in [2.05, 4.69) is 9.80 Å². The van der Waals surface area contributed by atoms with Gasteiger partial charge in [0.2, 0.25) is 0 Å². The third kappa shape index (κ3) is 1.99. The average Bonchev–Trinajstić information content (AvgIpc) is 2.85. The van der Waals surface area contributed by atoms with Crippen LogP contribution in [0.4, 0.5) is 10.1 Å². The summed E-state index contributed by atoms with van der Waals surface area (Å²) in [7, 11) is 0. The summed E-state index contributed by atoms with van der Waals surface area (Å²) in [5.74, 6) is -0.215. The molecule has 0 saturated carbocycles. The highest BCUT2D eigenvalue weighted by atomic mass is 19.1. The molecule has 2 fully saturated rings. The molecule has 2 heterocycles. The van der Waals surface area contributed by atoms with Crippen LogP contribution in [0.1, 0.15) is 18.4 Å². The predicted octanol–water partition coefficient (Wildman–Crippen LogP) is 1.60. The Bertz CT molecular complexity index is 438. The van der Waals surface area contributed by atoms with E-state index in [0.717, 1.165) is 19.6 Å². The van der Waals surface area contributed by atoms with Crippen molar-refractivity contribution in [2.75, 3.05) is 31.1 Å². The summed E-state index contributed by atoms with van der Waals surface area (Å²) in [6.07, 6.45) is 2.46. The van der Waals surface area contributed by atoms with E-state index >= 15 is 0 Å². The predicted molar refractivity (Wildman–Crippen MR) is 69.1 cm³/mol. The van der Waals surface area contributed by atoms with Crippen LogP contribution in [0.25, 0.3) is 0 Å². The van der Waals surface area contributed by atoms with Crippen molar-refractivity contribution in [2.24, 2.45) is 0 Å². The lowest BCUT2D eigenvalue weighted by molar-refractivity contribution is 0.229. The summed E-state index contributed by atoms with van der Waals surface area (Å²) in [6.45, 7) is 3.82. The van der Waals surface area contributed by atoms with Gasteiger partial charge in [0.15, 0.2) is 0 Å². The first kappa shape index (κ1) is 11.9. The lowest BCUT2D eigenvalue weighted by atomic mass is 10.1. The third-order valence-corrected chi connectivity index (χ3v) is 4.14. The maximum Gasteiger partial charge on any atom is 0.146 e. The largest absolute Gasteiger partial charge is 0.392 e. The van der Waals surface area contributed by atoms with Crippen LogP contribution in [0, 0.1) is 5.82 Å². The number of rotatable bonds is 2. The summed E-state index contributed by atoms with van der Waals surface area (Å²) in [6, 6.07) is 5.51. The Kier molecular flexibility index (Phi) is 3.22. The van der Waals surface area contributed by atoms with Gasteiger partial charge in [-0.1, -0.05) is 12.1 Å². The Morgan fingerprint density at radius 2 is 2.17 bits per heavy atom. The van der Waals surface area contributed by atoms with Crippen molar-refractivity contribution in [1.82, 2.24) is 4.90 Å². The smallest absolute Gasteiger partial charge is 0.146 e. The first-order valence-electron chi connectivity index (χ1n) is 6.67. The van der Waals surface area contributed by atoms with E-state index in [0.29, 0.717) is 17.3 Å². The second-order valence-corrected chi connectivity index (χ2v) is 5.18. The minimum absolute atomic E-state index is 0.0992. The van der Waals surface area contributed by atoms with Crippen molar-refractivity contribution in [3.8, 4) is 0 Å². The third-order valence-electron chi connectivity index (χ3n) is 4.14. The van der Waals surface area contributed by atoms with Gasteiger partial charge in [-0.3, -0.25) is 4.90 Å². The van der Waals surface area contributed by atoms with Crippen LogP contribution in [-0.4, -0.2) is 42.2 Å². The van der Waals surface area contributed by atoms with Crippen molar-refractivity contribution in [3.63, 3.8) is 0 Å². The van der Waals surface area contributed by atoms with E-state index in [1.807, 2.05) is 0 Å². The molecule has 0 aliphatic carbocycles. The van der Waals surface area contributed by atoms with Gasteiger partial charge in [-0.2, -0.15) is 0 Å². The first-order chi connectivity index (χ1) is 8.79. The lowest BCUT2D eigenvalue weighted by Crippen LogP contribution is -2.50. The van der Waals surface area contributed by atoms with Gasteiger partial charge in [-0.25, -0.2) is 4.39 Å². The lowest BCUT2D eigenvalue weighted by Gasteiger charge is -2.39. The Morgan fingerprint density at radius 3 is 3.00 bits per heavy atom. The SMILES string of the molecule is OCc1cccc(F)c1N1CCN2CCCC2C1. The zero-order valence-corrected chi connectivity index (χ0v) is 10.5. The van der Waals surface area contributed by atoms with Gasteiger partial charge in [0.05, 0.1) is 12.3 Å². The molecular formula is C14H19FN2O. The topological polar surface area (TPSA) is 26.7 Å². The molecule has 1 N–H and O–H groups in total. The quantitative estimate of drug-likeness (QED) is 0.863. The Labute approximate surface area is 107 Å². The number of hydrogen-bond acceptors (Lipinski definition) is 3. The van der Waals surface area contributed by atoms with E-state index in [9.17, 15) is 9.50 Å². The molecule has 0 bridgehead atoms. The summed E-state index contributed by atoms with van der Waals surface area (Å²) in [5.41, 5.74) is 1.30. The Morgan fingerprint density at radius 1 is 1.28 bits per heavy atom. The van der Waals surface area contributed by atoms with Crippen LogP contribution in [0.3, 0.4) is 0 Å². The Balaban J connectivity index is 1.86. The van der Waals surface area contributed by atoms with E-state index in [1.54, 1.807) is 12.1 Å². The zero-order chi connectivity index (χ0) is 12.5. The molecule has 4 heteroatoms. The van der Waals surface area contributed by atoms with Gasteiger partial charge in [0.25, 0.3) is 0 Å². The van der Waals surface area contributed by atoms with E-state index < -0.39 is 0 Å². The fourth-order valence-electron chi connectivity index (χ4n) is 3.24. The van der Waals surface area contributed by atoms with Gasteiger partial charge in [-0.05, 0) is 25.5 Å². The number of piperazine rings is 1. The minimum atomic E-state index is -0.215. The molecule has 0 aromatic heterocycles. The number of anilines is 1. The molecule has 1 aromatic rings. The number of benzene rings is 1. The number of aliphatic hydroxyl groups is 1. The number of para-hydroxylation sites is 1. The molecule has 98 valence electrons. The van der Waals surface area contributed by atoms with Crippen LogP contribution in [0.5, 0.6) is 0 Å². The summed E-state index contributed by atoms with van der Waals surface area (Å²) in [5, 5.41) is 9.36. The van der Waals surface area contributed by atoms with Crippen molar-refractivity contribution in [1.29, 1.82) is 0 Å². The maximum atomic E-state index is 14.0. The van der Waals surface area contributed by atoms with Gasteiger partial charge >= 0.3 is 0 Å². The number of hydrogen-bond donors (Lipinski definition) is 1. The van der Waals surface area contributed by atoms with Gasteiger partial charge in [-0.15, -0.1) is 0 Å². The maximum absolute atomic E-state index is 14.0. The highest BCUT2D eigenvalue weighted by molar-refractivity contribution is 5.55. The van der Waals surface area contributed by atoms with Crippen LogP contribution in [-0.2, 0) is 6.61 Å².